The fraction of sp³-hybridized carbons (Fsp3) is 0.200. The van der Waals surface area contributed by atoms with Crippen molar-refractivity contribution >= 4 is 37.4 Å². The summed E-state index contributed by atoms with van der Waals surface area (Å²) in [5, 5.41) is 1.37. The fourth-order valence-electron chi connectivity index (χ4n) is 1.30. The van der Waals surface area contributed by atoms with Crippen molar-refractivity contribution in [2.24, 2.45) is 0 Å². The highest BCUT2D eigenvalue weighted by Crippen LogP contribution is 2.34. The molecule has 0 N–H and O–H groups in total. The Kier molecular flexibility index (Phi) is 1.97. The molecule has 62 valence electrons. The number of benzene rings is 1. The van der Waals surface area contributed by atoms with E-state index >= 15 is 0 Å². The molecule has 0 aliphatic heterocycles. The molecule has 0 amide bonds. The number of thiophene rings is 1. The van der Waals surface area contributed by atoms with E-state index in [1.54, 1.807) is 0 Å². The molecule has 2 heteroatoms. The van der Waals surface area contributed by atoms with Crippen LogP contribution in [0.15, 0.2) is 22.0 Å². The molecule has 0 radical (unpaired) electrons. The Labute approximate surface area is 84.4 Å². The summed E-state index contributed by atoms with van der Waals surface area (Å²) in [7, 11) is 0. The normalized spacial score (nSPS) is 10.9. The molecule has 2 rings (SSSR count). The van der Waals surface area contributed by atoms with Crippen LogP contribution in [0.3, 0.4) is 0 Å². The topological polar surface area (TPSA) is 0 Å². The molecule has 0 spiro atoms. The van der Waals surface area contributed by atoms with Crippen molar-refractivity contribution in [2.45, 2.75) is 13.8 Å². The van der Waals surface area contributed by atoms with Gasteiger partial charge in [0.2, 0.25) is 0 Å². The lowest BCUT2D eigenvalue weighted by Gasteiger charge is -1.92. The minimum Gasteiger partial charge on any atom is -0.128 e. The molecule has 0 fully saturated rings. The van der Waals surface area contributed by atoms with E-state index in [-0.39, 0.29) is 0 Å². The minimum atomic E-state index is 1.25. The summed E-state index contributed by atoms with van der Waals surface area (Å²) in [6.45, 7) is 4.28. The van der Waals surface area contributed by atoms with Crippen molar-refractivity contribution in [3.05, 3.63) is 33.1 Å². The lowest BCUT2D eigenvalue weighted by Crippen LogP contribution is -1.70. The molecule has 12 heavy (non-hydrogen) atoms. The Morgan fingerprint density at radius 1 is 1.25 bits per heavy atom. The van der Waals surface area contributed by atoms with E-state index < -0.39 is 0 Å². The van der Waals surface area contributed by atoms with Crippen LogP contribution in [0, 0.1) is 13.8 Å². The molecule has 0 atom stereocenters. The van der Waals surface area contributed by atoms with E-state index in [4.69, 9.17) is 0 Å². The molecule has 1 aromatic carbocycles. The number of halogens is 1. The average molecular weight is 241 g/mol. The van der Waals surface area contributed by atoms with E-state index in [9.17, 15) is 0 Å². The van der Waals surface area contributed by atoms with Crippen molar-refractivity contribution in [1.82, 2.24) is 0 Å². The zero-order chi connectivity index (χ0) is 8.72. The number of hydrogen-bond donors (Lipinski definition) is 0. The molecule has 1 heterocycles. The van der Waals surface area contributed by atoms with Gasteiger partial charge in [-0.15, -0.1) is 11.3 Å². The Morgan fingerprint density at radius 2 is 2.00 bits per heavy atom. The number of rotatable bonds is 0. The third-order valence-corrected chi connectivity index (χ3v) is 4.16. The molecule has 2 aromatic rings. The largest absolute Gasteiger partial charge is 0.128 e. The van der Waals surface area contributed by atoms with Crippen LogP contribution in [0.4, 0.5) is 0 Å². The molecule has 0 unspecified atom stereocenters. The lowest BCUT2D eigenvalue weighted by molar-refractivity contribution is 1.50. The van der Waals surface area contributed by atoms with E-state index in [0.29, 0.717) is 0 Å². The van der Waals surface area contributed by atoms with Gasteiger partial charge >= 0.3 is 0 Å². The van der Waals surface area contributed by atoms with Gasteiger partial charge in [-0.25, -0.2) is 0 Å². The Bertz CT molecular complexity index is 429. The van der Waals surface area contributed by atoms with E-state index in [1.807, 2.05) is 11.3 Å². The SMILES string of the molecule is Cc1ccc2c(C)c(Br)sc2c1. The monoisotopic (exact) mass is 240 g/mol. The first-order valence-corrected chi connectivity index (χ1v) is 5.44. The average Bonchev–Trinajstić information content (AvgIpc) is 2.28. The second-order valence-corrected chi connectivity index (χ2v) is 5.37. The standard InChI is InChI=1S/C10H9BrS/c1-6-3-4-8-7(2)10(11)12-9(8)5-6/h3-5H,1-2H3. The molecule has 0 saturated carbocycles. The van der Waals surface area contributed by atoms with Crippen LogP contribution >= 0.6 is 27.3 Å². The number of aryl methyl sites for hydroxylation is 2. The van der Waals surface area contributed by atoms with Gasteiger partial charge in [-0.1, -0.05) is 12.1 Å². The predicted octanol–water partition coefficient (Wildman–Crippen LogP) is 4.28. The number of hydrogen-bond acceptors (Lipinski definition) is 1. The molecular weight excluding hydrogens is 232 g/mol. The van der Waals surface area contributed by atoms with Crippen LogP contribution < -0.4 is 0 Å². The lowest BCUT2D eigenvalue weighted by atomic mass is 10.1. The van der Waals surface area contributed by atoms with Gasteiger partial charge in [-0.2, -0.15) is 0 Å². The molecular formula is C10H9BrS. The van der Waals surface area contributed by atoms with Crippen molar-refractivity contribution in [3.63, 3.8) is 0 Å². The molecule has 0 aliphatic carbocycles. The van der Waals surface area contributed by atoms with E-state index in [2.05, 4.69) is 48.0 Å². The van der Waals surface area contributed by atoms with Crippen molar-refractivity contribution in [1.29, 1.82) is 0 Å². The van der Waals surface area contributed by atoms with Crippen LogP contribution in [-0.2, 0) is 0 Å². The second kappa shape index (κ2) is 2.86. The Morgan fingerprint density at radius 3 is 2.75 bits per heavy atom. The van der Waals surface area contributed by atoms with Gasteiger partial charge < -0.3 is 0 Å². The van der Waals surface area contributed by atoms with Crippen LogP contribution in [0.2, 0.25) is 0 Å². The first-order chi connectivity index (χ1) is 5.68. The third kappa shape index (κ3) is 1.19. The first-order valence-electron chi connectivity index (χ1n) is 3.84. The van der Waals surface area contributed by atoms with Crippen LogP contribution in [0.25, 0.3) is 10.1 Å². The quantitative estimate of drug-likeness (QED) is 0.645. The van der Waals surface area contributed by atoms with Gasteiger partial charge in [-0.05, 0) is 52.4 Å². The minimum absolute atomic E-state index is 1.25. The summed E-state index contributed by atoms with van der Waals surface area (Å²) < 4.78 is 2.63. The van der Waals surface area contributed by atoms with Gasteiger partial charge in [0.25, 0.3) is 0 Å². The van der Waals surface area contributed by atoms with Crippen LogP contribution in [0.5, 0.6) is 0 Å². The van der Waals surface area contributed by atoms with Gasteiger partial charge in [0.05, 0.1) is 3.79 Å². The second-order valence-electron chi connectivity index (χ2n) is 3.00. The predicted molar refractivity (Wildman–Crippen MR) is 59.0 cm³/mol. The van der Waals surface area contributed by atoms with Gasteiger partial charge in [0.1, 0.15) is 0 Å². The first kappa shape index (κ1) is 8.27. The smallest absolute Gasteiger partial charge is 0.0740 e. The molecule has 0 saturated heterocycles. The van der Waals surface area contributed by atoms with Crippen molar-refractivity contribution in [3.8, 4) is 0 Å². The third-order valence-electron chi connectivity index (χ3n) is 2.04. The zero-order valence-corrected chi connectivity index (χ0v) is 9.42. The van der Waals surface area contributed by atoms with Crippen molar-refractivity contribution < 1.29 is 0 Å². The fourth-order valence-corrected chi connectivity index (χ4v) is 3.07. The van der Waals surface area contributed by atoms with Crippen molar-refractivity contribution in [2.75, 3.05) is 0 Å². The van der Waals surface area contributed by atoms with Gasteiger partial charge in [0.15, 0.2) is 0 Å². The maximum Gasteiger partial charge on any atom is 0.0740 e. The zero-order valence-electron chi connectivity index (χ0n) is 7.02. The Balaban J connectivity index is 2.87. The maximum atomic E-state index is 3.55. The molecule has 0 aliphatic rings. The highest BCUT2D eigenvalue weighted by molar-refractivity contribution is 9.11. The summed E-state index contributed by atoms with van der Waals surface area (Å²) in [6.07, 6.45) is 0. The number of fused-ring (bicyclic) bond motifs is 1. The van der Waals surface area contributed by atoms with Gasteiger partial charge in [-0.3, -0.25) is 0 Å². The highest BCUT2D eigenvalue weighted by atomic mass is 79.9. The van der Waals surface area contributed by atoms with Crippen LogP contribution in [0.1, 0.15) is 11.1 Å². The highest BCUT2D eigenvalue weighted by Gasteiger charge is 2.04. The van der Waals surface area contributed by atoms with Crippen LogP contribution in [-0.4, -0.2) is 0 Å². The summed E-state index contributed by atoms with van der Waals surface area (Å²) >= 11 is 5.36. The molecule has 0 nitrogen and oxygen atoms in total. The molecule has 0 bridgehead atoms. The summed E-state index contributed by atoms with van der Waals surface area (Å²) in [5.41, 5.74) is 2.69. The van der Waals surface area contributed by atoms with E-state index in [0.717, 1.165) is 0 Å². The van der Waals surface area contributed by atoms with Gasteiger partial charge in [0, 0.05) is 4.70 Å². The summed E-state index contributed by atoms with van der Waals surface area (Å²) in [5.74, 6) is 0. The van der Waals surface area contributed by atoms with E-state index in [1.165, 1.54) is 25.0 Å². The summed E-state index contributed by atoms with van der Waals surface area (Å²) in [4.78, 5) is 0. The molecule has 1 aromatic heterocycles. The Hall–Kier alpha value is -0.340. The maximum absolute atomic E-state index is 3.55. The summed E-state index contributed by atoms with van der Waals surface area (Å²) in [6, 6.07) is 6.59.